The highest BCUT2D eigenvalue weighted by Gasteiger charge is 2.16. The molecule has 2 N–H and O–H groups in total. The van der Waals surface area contributed by atoms with E-state index in [0.29, 0.717) is 5.56 Å². The minimum absolute atomic E-state index is 0.172. The third-order valence-electron chi connectivity index (χ3n) is 3.40. The number of fused-ring (bicyclic) bond motifs is 1. The van der Waals surface area contributed by atoms with E-state index in [0.717, 1.165) is 16.3 Å². The van der Waals surface area contributed by atoms with Crippen molar-refractivity contribution in [1.82, 2.24) is 0 Å². The molecule has 0 aliphatic carbocycles. The predicted octanol–water partition coefficient (Wildman–Crippen LogP) is 3.39. The van der Waals surface area contributed by atoms with Gasteiger partial charge in [0.05, 0.1) is 0 Å². The number of hydrazone groups is 1. The van der Waals surface area contributed by atoms with Gasteiger partial charge in [-0.2, -0.15) is 5.10 Å². The number of carbonyl (C=O) groups is 1. The summed E-state index contributed by atoms with van der Waals surface area (Å²) in [7, 11) is 0. The molecular formula is C18H14N2O. The lowest BCUT2D eigenvalue weighted by atomic mass is 9.98. The van der Waals surface area contributed by atoms with Crippen LogP contribution < -0.4 is 5.84 Å². The standard InChI is InChI=1S/C18H14N2O/c19-20-17(14-7-2-1-3-8-14)18(21)16-11-10-13-6-4-5-9-15(13)12-16/h1-12H,19H2. The number of ketones is 1. The number of carbonyl (C=O) groups excluding carboxylic acids is 1. The van der Waals surface area contributed by atoms with Crippen LogP contribution in [-0.4, -0.2) is 11.5 Å². The van der Waals surface area contributed by atoms with Gasteiger partial charge in [-0.15, -0.1) is 0 Å². The van der Waals surface area contributed by atoms with Gasteiger partial charge in [0.1, 0.15) is 5.71 Å². The second kappa shape index (κ2) is 5.59. The van der Waals surface area contributed by atoms with Gasteiger partial charge in [0.15, 0.2) is 0 Å². The van der Waals surface area contributed by atoms with E-state index in [1.807, 2.05) is 66.7 Å². The Labute approximate surface area is 122 Å². The summed E-state index contributed by atoms with van der Waals surface area (Å²) in [5.41, 5.74) is 1.57. The van der Waals surface area contributed by atoms with Gasteiger partial charge in [-0.3, -0.25) is 4.79 Å². The molecule has 0 bridgehead atoms. The average Bonchev–Trinajstić information content (AvgIpc) is 2.56. The van der Waals surface area contributed by atoms with E-state index in [1.54, 1.807) is 6.07 Å². The van der Waals surface area contributed by atoms with Crippen LogP contribution in [0, 0.1) is 0 Å². The fraction of sp³-hybridized carbons (Fsp3) is 0. The maximum absolute atomic E-state index is 12.6. The van der Waals surface area contributed by atoms with Crippen molar-refractivity contribution in [2.45, 2.75) is 0 Å². The van der Waals surface area contributed by atoms with Crippen molar-refractivity contribution in [3.63, 3.8) is 0 Å². The molecule has 0 saturated heterocycles. The van der Waals surface area contributed by atoms with E-state index in [4.69, 9.17) is 5.84 Å². The highest BCUT2D eigenvalue weighted by molar-refractivity contribution is 6.51. The molecule has 0 spiro atoms. The zero-order valence-electron chi connectivity index (χ0n) is 11.4. The van der Waals surface area contributed by atoms with Gasteiger partial charge in [-0.25, -0.2) is 0 Å². The molecule has 3 aromatic carbocycles. The smallest absolute Gasteiger partial charge is 0.213 e. The normalized spacial score (nSPS) is 11.5. The zero-order chi connectivity index (χ0) is 14.7. The summed E-state index contributed by atoms with van der Waals surface area (Å²) in [5.74, 6) is 5.25. The quantitative estimate of drug-likeness (QED) is 0.344. The zero-order valence-corrected chi connectivity index (χ0v) is 11.4. The third-order valence-corrected chi connectivity index (χ3v) is 3.40. The molecule has 0 fully saturated rings. The molecule has 0 heterocycles. The van der Waals surface area contributed by atoms with Crippen LogP contribution in [0.5, 0.6) is 0 Å². The molecular weight excluding hydrogens is 260 g/mol. The largest absolute Gasteiger partial charge is 0.323 e. The first-order valence-electron chi connectivity index (χ1n) is 6.66. The Kier molecular flexibility index (Phi) is 3.48. The van der Waals surface area contributed by atoms with E-state index in [2.05, 4.69) is 5.10 Å². The van der Waals surface area contributed by atoms with E-state index in [9.17, 15) is 4.79 Å². The van der Waals surface area contributed by atoms with Crippen LogP contribution in [0.4, 0.5) is 0 Å². The number of benzene rings is 3. The van der Waals surface area contributed by atoms with Crippen LogP contribution in [0.3, 0.4) is 0 Å². The van der Waals surface area contributed by atoms with Crippen molar-refractivity contribution >= 4 is 22.3 Å². The highest BCUT2D eigenvalue weighted by atomic mass is 16.1. The second-order valence-electron chi connectivity index (χ2n) is 4.73. The van der Waals surface area contributed by atoms with Crippen molar-refractivity contribution in [2.75, 3.05) is 0 Å². The Morgan fingerprint density at radius 2 is 1.43 bits per heavy atom. The molecule has 3 aromatic rings. The molecule has 3 heteroatoms. The van der Waals surface area contributed by atoms with Gasteiger partial charge in [0.2, 0.25) is 5.78 Å². The first kappa shape index (κ1) is 13.1. The van der Waals surface area contributed by atoms with Crippen LogP contribution in [0.2, 0.25) is 0 Å². The Morgan fingerprint density at radius 1 is 0.762 bits per heavy atom. The number of nitrogens with two attached hydrogens (primary N) is 1. The number of hydrogen-bond donors (Lipinski definition) is 1. The molecule has 0 amide bonds. The molecule has 3 nitrogen and oxygen atoms in total. The summed E-state index contributed by atoms with van der Waals surface area (Å²) in [4.78, 5) is 12.6. The minimum atomic E-state index is -0.172. The summed E-state index contributed by atoms with van der Waals surface area (Å²) < 4.78 is 0. The average molecular weight is 274 g/mol. The van der Waals surface area contributed by atoms with Gasteiger partial charge in [-0.1, -0.05) is 66.7 Å². The van der Waals surface area contributed by atoms with Gasteiger partial charge < -0.3 is 5.84 Å². The Bertz CT molecular complexity index is 823. The molecule has 0 aromatic heterocycles. The van der Waals surface area contributed by atoms with Gasteiger partial charge in [0, 0.05) is 11.1 Å². The van der Waals surface area contributed by atoms with E-state index < -0.39 is 0 Å². The number of hydrogen-bond acceptors (Lipinski definition) is 3. The lowest BCUT2D eigenvalue weighted by Crippen LogP contribution is -2.17. The van der Waals surface area contributed by atoms with Gasteiger partial charge in [0.25, 0.3) is 0 Å². The van der Waals surface area contributed by atoms with E-state index >= 15 is 0 Å². The number of nitrogens with zero attached hydrogens (tertiary/aromatic N) is 1. The molecule has 0 aliphatic rings. The van der Waals surface area contributed by atoms with Crippen LogP contribution in [0.25, 0.3) is 10.8 Å². The molecule has 102 valence electrons. The van der Waals surface area contributed by atoms with Gasteiger partial charge >= 0.3 is 0 Å². The SMILES string of the molecule is NN=C(C(=O)c1ccc2ccccc2c1)c1ccccc1. The van der Waals surface area contributed by atoms with Crippen molar-refractivity contribution in [2.24, 2.45) is 10.9 Å². The van der Waals surface area contributed by atoms with Crippen LogP contribution in [0.15, 0.2) is 77.9 Å². The Hall–Kier alpha value is -2.94. The van der Waals surface area contributed by atoms with Crippen LogP contribution in [-0.2, 0) is 0 Å². The monoisotopic (exact) mass is 274 g/mol. The fourth-order valence-corrected chi connectivity index (χ4v) is 2.33. The summed E-state index contributed by atoms with van der Waals surface area (Å²) in [6.45, 7) is 0. The first-order valence-corrected chi connectivity index (χ1v) is 6.66. The molecule has 0 saturated carbocycles. The molecule has 0 aliphatic heterocycles. The van der Waals surface area contributed by atoms with Crippen LogP contribution >= 0.6 is 0 Å². The Balaban J connectivity index is 2.03. The number of Topliss-reactive ketones (excluding diaryl/α,β-unsaturated/α-hetero) is 1. The minimum Gasteiger partial charge on any atom is -0.323 e. The van der Waals surface area contributed by atoms with Gasteiger partial charge in [-0.05, 0) is 16.8 Å². The van der Waals surface area contributed by atoms with E-state index in [1.165, 1.54) is 0 Å². The molecule has 3 rings (SSSR count). The van der Waals surface area contributed by atoms with Crippen molar-refractivity contribution < 1.29 is 4.79 Å². The lowest BCUT2D eigenvalue weighted by molar-refractivity contribution is 0.106. The summed E-state index contributed by atoms with van der Waals surface area (Å²) in [6.07, 6.45) is 0. The molecule has 21 heavy (non-hydrogen) atoms. The topological polar surface area (TPSA) is 55.4 Å². The summed E-state index contributed by atoms with van der Waals surface area (Å²) >= 11 is 0. The predicted molar refractivity (Wildman–Crippen MR) is 85.4 cm³/mol. The van der Waals surface area contributed by atoms with E-state index in [-0.39, 0.29) is 11.5 Å². The third kappa shape index (κ3) is 2.54. The fourth-order valence-electron chi connectivity index (χ4n) is 2.33. The first-order chi connectivity index (χ1) is 10.3. The molecule has 0 atom stereocenters. The summed E-state index contributed by atoms with van der Waals surface area (Å²) in [6, 6.07) is 22.8. The number of rotatable bonds is 3. The Morgan fingerprint density at radius 3 is 2.14 bits per heavy atom. The highest BCUT2D eigenvalue weighted by Crippen LogP contribution is 2.17. The molecule has 0 unspecified atom stereocenters. The van der Waals surface area contributed by atoms with Crippen LogP contribution in [0.1, 0.15) is 15.9 Å². The maximum atomic E-state index is 12.6. The lowest BCUT2D eigenvalue weighted by Gasteiger charge is -2.06. The van der Waals surface area contributed by atoms with Crippen molar-refractivity contribution in [3.05, 3.63) is 83.9 Å². The van der Waals surface area contributed by atoms with Crippen molar-refractivity contribution in [3.8, 4) is 0 Å². The second-order valence-corrected chi connectivity index (χ2v) is 4.73. The summed E-state index contributed by atoms with van der Waals surface area (Å²) in [5, 5.41) is 5.80. The van der Waals surface area contributed by atoms with Crippen molar-refractivity contribution in [1.29, 1.82) is 0 Å². The molecule has 0 radical (unpaired) electrons. The maximum Gasteiger partial charge on any atom is 0.213 e.